The highest BCUT2D eigenvalue weighted by molar-refractivity contribution is 5.96. The molecule has 1 heterocycles. The Morgan fingerprint density at radius 2 is 1.95 bits per heavy atom. The third kappa shape index (κ3) is 4.20. The summed E-state index contributed by atoms with van der Waals surface area (Å²) in [5, 5.41) is 2.76. The summed E-state index contributed by atoms with van der Waals surface area (Å²) in [6.45, 7) is 10.4. The molecule has 20 heavy (non-hydrogen) atoms. The molecule has 2 atom stereocenters. The normalized spacial score (nSPS) is 24.2. The van der Waals surface area contributed by atoms with E-state index in [-0.39, 0.29) is 23.5 Å². The summed E-state index contributed by atoms with van der Waals surface area (Å²) in [6.07, 6.45) is 1.40. The van der Waals surface area contributed by atoms with Crippen LogP contribution in [0, 0.1) is 5.92 Å². The van der Waals surface area contributed by atoms with E-state index in [0.717, 1.165) is 0 Å². The maximum absolute atomic E-state index is 12.3. The van der Waals surface area contributed by atoms with Crippen LogP contribution in [-0.2, 0) is 14.3 Å². The van der Waals surface area contributed by atoms with Gasteiger partial charge >= 0.3 is 0 Å². The Labute approximate surface area is 122 Å². The van der Waals surface area contributed by atoms with E-state index in [9.17, 15) is 9.59 Å². The lowest BCUT2D eigenvalue weighted by Gasteiger charge is -2.40. The molecule has 116 valence electrons. The van der Waals surface area contributed by atoms with Gasteiger partial charge < -0.3 is 15.0 Å². The van der Waals surface area contributed by atoms with Gasteiger partial charge in [0.15, 0.2) is 0 Å². The second-order valence-corrected chi connectivity index (χ2v) is 6.62. The van der Waals surface area contributed by atoms with Gasteiger partial charge in [-0.3, -0.25) is 9.59 Å². The number of ether oxygens (including phenoxy) is 1. The molecule has 2 unspecified atom stereocenters. The van der Waals surface area contributed by atoms with Crippen LogP contribution in [0.2, 0.25) is 0 Å². The van der Waals surface area contributed by atoms with E-state index in [1.807, 2.05) is 13.8 Å². The van der Waals surface area contributed by atoms with Crippen molar-refractivity contribution >= 4 is 11.8 Å². The number of piperazine rings is 1. The smallest absolute Gasteiger partial charge is 0.245 e. The lowest BCUT2D eigenvalue weighted by atomic mass is 9.96. The summed E-state index contributed by atoms with van der Waals surface area (Å²) < 4.78 is 5.40. The van der Waals surface area contributed by atoms with Gasteiger partial charge in [0.1, 0.15) is 12.1 Å². The first-order chi connectivity index (χ1) is 9.18. The molecule has 0 radical (unpaired) electrons. The van der Waals surface area contributed by atoms with Crippen molar-refractivity contribution in [2.75, 3.05) is 13.7 Å². The van der Waals surface area contributed by atoms with E-state index >= 15 is 0 Å². The predicted molar refractivity (Wildman–Crippen MR) is 78.3 cm³/mol. The van der Waals surface area contributed by atoms with Gasteiger partial charge in [0, 0.05) is 13.7 Å². The Balaban J connectivity index is 2.83. The predicted octanol–water partition coefficient (Wildman–Crippen LogP) is 1.56. The molecule has 0 aliphatic carbocycles. The lowest BCUT2D eigenvalue weighted by Crippen LogP contribution is -2.63. The highest BCUT2D eigenvalue weighted by atomic mass is 16.5. The zero-order valence-electron chi connectivity index (χ0n) is 13.5. The molecule has 5 nitrogen and oxygen atoms in total. The Kier molecular flexibility index (Phi) is 5.57. The summed E-state index contributed by atoms with van der Waals surface area (Å²) in [4.78, 5) is 26.2. The Morgan fingerprint density at radius 3 is 2.45 bits per heavy atom. The Bertz CT molecular complexity index is 366. The molecule has 2 amide bonds. The molecule has 0 aromatic heterocycles. The molecule has 0 aromatic carbocycles. The summed E-state index contributed by atoms with van der Waals surface area (Å²) in [5.41, 5.74) is -0.292. The van der Waals surface area contributed by atoms with E-state index in [1.54, 1.807) is 18.9 Å². The molecule has 1 fully saturated rings. The Morgan fingerprint density at radius 1 is 1.35 bits per heavy atom. The first-order valence-corrected chi connectivity index (χ1v) is 7.34. The zero-order valence-corrected chi connectivity index (χ0v) is 13.5. The number of carbonyl (C=O) groups is 2. The van der Waals surface area contributed by atoms with Gasteiger partial charge in [-0.1, -0.05) is 13.8 Å². The highest BCUT2D eigenvalue weighted by Gasteiger charge is 2.39. The maximum Gasteiger partial charge on any atom is 0.245 e. The monoisotopic (exact) mass is 284 g/mol. The molecule has 0 aromatic rings. The van der Waals surface area contributed by atoms with Gasteiger partial charge in [0.2, 0.25) is 11.8 Å². The largest absolute Gasteiger partial charge is 0.379 e. The molecule has 0 spiro atoms. The average molecular weight is 284 g/mol. The molecular weight excluding hydrogens is 256 g/mol. The summed E-state index contributed by atoms with van der Waals surface area (Å²) in [5.74, 6) is 0.327. The van der Waals surface area contributed by atoms with E-state index in [0.29, 0.717) is 25.3 Å². The van der Waals surface area contributed by atoms with E-state index < -0.39 is 6.04 Å². The topological polar surface area (TPSA) is 58.6 Å². The summed E-state index contributed by atoms with van der Waals surface area (Å²) in [6, 6.07) is -0.789. The molecule has 1 aliphatic heterocycles. The third-order valence-electron chi connectivity index (χ3n) is 3.89. The van der Waals surface area contributed by atoms with Crippen LogP contribution in [0.25, 0.3) is 0 Å². The number of hydrogen-bond donors (Lipinski definition) is 1. The molecule has 1 aliphatic rings. The number of carbonyl (C=O) groups excluding carboxylic acids is 2. The molecule has 0 saturated carbocycles. The van der Waals surface area contributed by atoms with Gasteiger partial charge in [0.25, 0.3) is 0 Å². The first kappa shape index (κ1) is 17.0. The summed E-state index contributed by atoms with van der Waals surface area (Å²) >= 11 is 0. The fraction of sp³-hybridized carbons (Fsp3) is 0.867. The Hall–Kier alpha value is -1.10. The van der Waals surface area contributed by atoms with Crippen LogP contribution >= 0.6 is 0 Å². The fourth-order valence-electron chi connectivity index (χ4n) is 2.35. The first-order valence-electron chi connectivity index (χ1n) is 7.34. The number of methoxy groups -OCH3 is 1. The third-order valence-corrected chi connectivity index (χ3v) is 3.89. The number of nitrogens with zero attached hydrogens (tertiary/aromatic N) is 1. The van der Waals surface area contributed by atoms with Crippen LogP contribution in [-0.4, -0.2) is 48.1 Å². The van der Waals surface area contributed by atoms with Crippen molar-refractivity contribution in [3.63, 3.8) is 0 Å². The zero-order chi connectivity index (χ0) is 15.5. The minimum Gasteiger partial charge on any atom is -0.379 e. The summed E-state index contributed by atoms with van der Waals surface area (Å²) in [7, 11) is 1.67. The van der Waals surface area contributed by atoms with Crippen LogP contribution in [0.1, 0.15) is 47.5 Å². The number of amides is 2. The van der Waals surface area contributed by atoms with Gasteiger partial charge in [0.05, 0.1) is 5.60 Å². The van der Waals surface area contributed by atoms with Crippen LogP contribution in [0.5, 0.6) is 0 Å². The van der Waals surface area contributed by atoms with Gasteiger partial charge in [-0.15, -0.1) is 0 Å². The minimum absolute atomic E-state index is 0.00199. The quantitative estimate of drug-likeness (QED) is 0.805. The van der Waals surface area contributed by atoms with Gasteiger partial charge in [-0.2, -0.15) is 0 Å². The minimum atomic E-state index is -0.434. The van der Waals surface area contributed by atoms with Crippen molar-refractivity contribution in [2.24, 2.45) is 5.92 Å². The van der Waals surface area contributed by atoms with Crippen LogP contribution in [0.15, 0.2) is 0 Å². The fourth-order valence-corrected chi connectivity index (χ4v) is 2.35. The van der Waals surface area contributed by atoms with Crippen LogP contribution in [0.4, 0.5) is 0 Å². The van der Waals surface area contributed by atoms with Crippen molar-refractivity contribution < 1.29 is 14.3 Å². The lowest BCUT2D eigenvalue weighted by molar-refractivity contribution is -0.150. The molecule has 1 N–H and O–H groups in total. The average Bonchev–Trinajstić information content (AvgIpc) is 2.35. The van der Waals surface area contributed by atoms with Crippen LogP contribution < -0.4 is 5.32 Å². The molecular formula is C15H28N2O3. The SMILES string of the molecule is COC(C)(C)CCN1C(=O)C(C)NC(=O)C1CC(C)C. The van der Waals surface area contributed by atoms with E-state index in [2.05, 4.69) is 19.2 Å². The number of rotatable bonds is 6. The van der Waals surface area contributed by atoms with Crippen molar-refractivity contribution in [3.8, 4) is 0 Å². The van der Waals surface area contributed by atoms with Gasteiger partial charge in [-0.05, 0) is 39.5 Å². The number of hydrogen-bond acceptors (Lipinski definition) is 3. The van der Waals surface area contributed by atoms with E-state index in [4.69, 9.17) is 4.74 Å². The van der Waals surface area contributed by atoms with Crippen molar-refractivity contribution in [2.45, 2.75) is 65.1 Å². The van der Waals surface area contributed by atoms with Crippen molar-refractivity contribution in [1.29, 1.82) is 0 Å². The highest BCUT2D eigenvalue weighted by Crippen LogP contribution is 2.21. The van der Waals surface area contributed by atoms with E-state index in [1.165, 1.54) is 0 Å². The van der Waals surface area contributed by atoms with Crippen molar-refractivity contribution in [3.05, 3.63) is 0 Å². The maximum atomic E-state index is 12.3. The van der Waals surface area contributed by atoms with Crippen LogP contribution in [0.3, 0.4) is 0 Å². The molecule has 1 saturated heterocycles. The van der Waals surface area contributed by atoms with Gasteiger partial charge in [-0.25, -0.2) is 0 Å². The molecule has 0 bridgehead atoms. The number of nitrogens with one attached hydrogen (secondary N) is 1. The molecule has 5 heteroatoms. The molecule has 1 rings (SSSR count). The van der Waals surface area contributed by atoms with Crippen molar-refractivity contribution in [1.82, 2.24) is 10.2 Å². The standard InChI is InChI=1S/C15H28N2O3/c1-10(2)9-12-13(18)16-11(3)14(19)17(12)8-7-15(4,5)20-6/h10-12H,7-9H2,1-6H3,(H,16,18). The second-order valence-electron chi connectivity index (χ2n) is 6.62. The second kappa shape index (κ2) is 6.57.